The van der Waals surface area contributed by atoms with E-state index in [1.54, 1.807) is 30.3 Å². The van der Waals surface area contributed by atoms with E-state index in [1.807, 2.05) is 6.92 Å². The van der Waals surface area contributed by atoms with Crippen LogP contribution in [0.1, 0.15) is 25.3 Å². The molecule has 0 saturated heterocycles. The Morgan fingerprint density at radius 3 is 2.64 bits per heavy atom. The number of ether oxygens (including phenoxy) is 1. The fourth-order valence-electron chi connectivity index (χ4n) is 2.84. The Bertz CT molecular complexity index is 978. The number of unbranched alkanes of at least 4 members (excludes halogenated alkanes) is 1. The van der Waals surface area contributed by atoms with Crippen LogP contribution in [0.3, 0.4) is 0 Å². The molecule has 1 aliphatic heterocycles. The van der Waals surface area contributed by atoms with Crippen molar-refractivity contribution in [3.05, 3.63) is 47.7 Å². The van der Waals surface area contributed by atoms with Gasteiger partial charge in [-0.25, -0.2) is 13.2 Å². The van der Waals surface area contributed by atoms with Gasteiger partial charge in [0, 0.05) is 18.0 Å². The van der Waals surface area contributed by atoms with Gasteiger partial charge in [0.05, 0.1) is 6.61 Å². The monoisotopic (exact) mass is 361 g/mol. The lowest BCUT2D eigenvalue weighted by atomic mass is 10.0. The number of esters is 1. The van der Waals surface area contributed by atoms with Crippen LogP contribution >= 0.6 is 0 Å². The number of carbonyl (C=O) groups excluding carboxylic acids is 1. The molecule has 0 saturated carbocycles. The summed E-state index contributed by atoms with van der Waals surface area (Å²) in [7, 11) is -2.75. The second-order valence-corrected chi connectivity index (χ2v) is 7.73. The van der Waals surface area contributed by atoms with Gasteiger partial charge in [-0.2, -0.15) is 0 Å². The van der Waals surface area contributed by atoms with E-state index in [9.17, 15) is 18.3 Å². The average Bonchev–Trinajstić information content (AvgIpc) is 2.59. The highest BCUT2D eigenvalue weighted by molar-refractivity contribution is 7.89. The maximum Gasteiger partial charge on any atom is 0.359 e. The number of nitrogens with zero attached hydrogens (tertiary/aromatic N) is 1. The average molecular weight is 361 g/mol. The van der Waals surface area contributed by atoms with Gasteiger partial charge in [0.25, 0.3) is 10.0 Å². The van der Waals surface area contributed by atoms with Crippen molar-refractivity contribution in [3.63, 3.8) is 0 Å². The molecule has 1 aliphatic rings. The number of benzene rings is 2. The summed E-state index contributed by atoms with van der Waals surface area (Å²) < 4.78 is 31.9. The van der Waals surface area contributed by atoms with E-state index in [1.165, 1.54) is 13.1 Å². The lowest BCUT2D eigenvalue weighted by Gasteiger charge is -2.28. The van der Waals surface area contributed by atoms with Crippen LogP contribution in [0.25, 0.3) is 16.5 Å². The number of hydrogen-bond donors (Lipinski definition) is 1. The predicted octanol–water partition coefficient (Wildman–Crippen LogP) is 3.04. The van der Waals surface area contributed by atoms with E-state index in [0.717, 1.165) is 16.1 Å². The van der Waals surface area contributed by atoms with Crippen LogP contribution in [0, 0.1) is 0 Å². The van der Waals surface area contributed by atoms with Gasteiger partial charge in [-0.3, -0.25) is 4.31 Å². The molecule has 0 fully saturated rings. The number of carbonyl (C=O) groups is 1. The SMILES string of the molecule is CCCCOC(=O)C1=C(O)c2ccc3ccccc3c2S(=O)(=O)N1C. The first-order chi connectivity index (χ1) is 11.9. The molecule has 7 heteroatoms. The molecule has 0 atom stereocenters. The van der Waals surface area contributed by atoms with Gasteiger partial charge in [-0.1, -0.05) is 43.7 Å². The molecule has 132 valence electrons. The third kappa shape index (κ3) is 2.74. The van der Waals surface area contributed by atoms with Crippen molar-refractivity contribution in [1.82, 2.24) is 4.31 Å². The number of likely N-dealkylation sites (N-methyl/N-ethyl adjacent to an activating group) is 1. The summed E-state index contributed by atoms with van der Waals surface area (Å²) in [5, 5.41) is 11.8. The van der Waals surface area contributed by atoms with Crippen molar-refractivity contribution in [2.24, 2.45) is 0 Å². The van der Waals surface area contributed by atoms with Crippen LogP contribution in [0.5, 0.6) is 0 Å². The number of aliphatic hydroxyl groups is 1. The molecule has 1 N–H and O–H groups in total. The fraction of sp³-hybridized carbons (Fsp3) is 0.278. The number of fused-ring (bicyclic) bond motifs is 3. The molecule has 0 aliphatic carbocycles. The number of rotatable bonds is 4. The van der Waals surface area contributed by atoms with Gasteiger partial charge >= 0.3 is 5.97 Å². The van der Waals surface area contributed by atoms with Crippen LogP contribution in [0.4, 0.5) is 0 Å². The van der Waals surface area contributed by atoms with Gasteiger partial charge in [-0.05, 0) is 17.9 Å². The third-order valence-corrected chi connectivity index (χ3v) is 6.08. The molecule has 0 aromatic heterocycles. The van der Waals surface area contributed by atoms with Gasteiger partial charge < -0.3 is 9.84 Å². The smallest absolute Gasteiger partial charge is 0.359 e. The topological polar surface area (TPSA) is 83.9 Å². The zero-order valence-electron chi connectivity index (χ0n) is 14.0. The Labute approximate surface area is 146 Å². The quantitative estimate of drug-likeness (QED) is 0.668. The summed E-state index contributed by atoms with van der Waals surface area (Å²) in [6.07, 6.45) is 1.50. The minimum Gasteiger partial charge on any atom is -0.505 e. The standard InChI is InChI=1S/C18H19NO5S/c1-3-4-11-24-18(21)15-16(20)14-10-9-12-7-5-6-8-13(12)17(14)25(22,23)19(15)2/h5-10,20H,3-4,11H2,1-2H3. The maximum atomic E-state index is 13.0. The molecule has 0 spiro atoms. The van der Waals surface area contributed by atoms with Crippen LogP contribution in [-0.2, 0) is 19.6 Å². The number of hydrogen-bond acceptors (Lipinski definition) is 5. The highest BCUT2D eigenvalue weighted by Crippen LogP contribution is 2.39. The van der Waals surface area contributed by atoms with E-state index in [0.29, 0.717) is 11.8 Å². The van der Waals surface area contributed by atoms with Crippen molar-refractivity contribution >= 4 is 32.5 Å². The van der Waals surface area contributed by atoms with E-state index in [4.69, 9.17) is 4.74 Å². The van der Waals surface area contributed by atoms with E-state index in [2.05, 4.69) is 0 Å². The molecule has 6 nitrogen and oxygen atoms in total. The largest absolute Gasteiger partial charge is 0.505 e. The molecule has 2 aromatic carbocycles. The maximum absolute atomic E-state index is 13.0. The van der Waals surface area contributed by atoms with Crippen LogP contribution in [0.15, 0.2) is 47.0 Å². The molecule has 25 heavy (non-hydrogen) atoms. The second-order valence-electron chi connectivity index (χ2n) is 5.82. The summed E-state index contributed by atoms with van der Waals surface area (Å²) >= 11 is 0. The van der Waals surface area contributed by atoms with Gasteiger partial charge in [0.2, 0.25) is 0 Å². The Morgan fingerprint density at radius 2 is 1.92 bits per heavy atom. The lowest BCUT2D eigenvalue weighted by molar-refractivity contribution is -0.140. The minimum absolute atomic E-state index is 0.00397. The van der Waals surface area contributed by atoms with Gasteiger partial charge in [0.15, 0.2) is 11.5 Å². The normalized spacial score (nSPS) is 16.0. The zero-order chi connectivity index (χ0) is 18.2. The van der Waals surface area contributed by atoms with E-state index < -0.39 is 16.0 Å². The lowest BCUT2D eigenvalue weighted by Crippen LogP contribution is -2.36. The number of aliphatic hydroxyl groups excluding tert-OH is 1. The molecular weight excluding hydrogens is 342 g/mol. The Kier molecular flexibility index (Phi) is 4.43. The van der Waals surface area contributed by atoms with Crippen molar-refractivity contribution in [2.45, 2.75) is 24.7 Å². The Morgan fingerprint density at radius 1 is 1.20 bits per heavy atom. The molecule has 1 heterocycles. The molecular formula is C18H19NO5S. The first kappa shape index (κ1) is 17.3. The van der Waals surface area contributed by atoms with Crippen LogP contribution < -0.4 is 0 Å². The van der Waals surface area contributed by atoms with Crippen molar-refractivity contribution in [1.29, 1.82) is 0 Å². The Balaban J connectivity index is 2.20. The summed E-state index contributed by atoms with van der Waals surface area (Å²) in [5.41, 5.74) is -0.252. The molecule has 0 radical (unpaired) electrons. The highest BCUT2D eigenvalue weighted by atomic mass is 32.2. The minimum atomic E-state index is -3.99. The predicted molar refractivity (Wildman–Crippen MR) is 94.3 cm³/mol. The summed E-state index contributed by atoms with van der Waals surface area (Å²) in [6, 6.07) is 10.2. The zero-order valence-corrected chi connectivity index (χ0v) is 14.8. The van der Waals surface area contributed by atoms with Crippen molar-refractivity contribution in [3.8, 4) is 0 Å². The van der Waals surface area contributed by atoms with Gasteiger partial charge in [-0.15, -0.1) is 0 Å². The van der Waals surface area contributed by atoms with Crippen LogP contribution in [0.2, 0.25) is 0 Å². The molecule has 2 aromatic rings. The second kappa shape index (κ2) is 6.40. The van der Waals surface area contributed by atoms with Crippen molar-refractivity contribution in [2.75, 3.05) is 13.7 Å². The van der Waals surface area contributed by atoms with E-state index >= 15 is 0 Å². The fourth-order valence-corrected chi connectivity index (χ4v) is 4.43. The van der Waals surface area contributed by atoms with E-state index in [-0.39, 0.29) is 28.5 Å². The summed E-state index contributed by atoms with van der Waals surface area (Å²) in [6.45, 7) is 2.12. The van der Waals surface area contributed by atoms with Crippen molar-refractivity contribution < 1.29 is 23.1 Å². The number of sulfonamides is 1. The molecule has 0 bridgehead atoms. The first-order valence-electron chi connectivity index (χ1n) is 8.01. The molecule has 0 unspecified atom stereocenters. The Hall–Kier alpha value is -2.54. The molecule has 0 amide bonds. The van der Waals surface area contributed by atoms with Gasteiger partial charge in [0.1, 0.15) is 4.90 Å². The first-order valence-corrected chi connectivity index (χ1v) is 9.45. The highest BCUT2D eigenvalue weighted by Gasteiger charge is 2.39. The summed E-state index contributed by atoms with van der Waals surface area (Å²) in [5.74, 6) is -1.24. The molecule has 3 rings (SSSR count). The summed E-state index contributed by atoms with van der Waals surface area (Å²) in [4.78, 5) is 12.3. The van der Waals surface area contributed by atoms with Crippen LogP contribution in [-0.4, -0.2) is 37.5 Å². The third-order valence-electron chi connectivity index (χ3n) is 4.22.